The van der Waals surface area contributed by atoms with Crippen LogP contribution in [0.25, 0.3) is 0 Å². The van der Waals surface area contributed by atoms with E-state index in [0.717, 1.165) is 22.5 Å². The van der Waals surface area contributed by atoms with Crippen molar-refractivity contribution in [1.82, 2.24) is 20.2 Å². The highest BCUT2D eigenvalue weighted by molar-refractivity contribution is 7.99. The molecule has 0 radical (unpaired) electrons. The van der Waals surface area contributed by atoms with Gasteiger partial charge < -0.3 is 4.74 Å². The molecule has 9 nitrogen and oxygen atoms in total. The average Bonchev–Trinajstić information content (AvgIpc) is 2.85. The molecule has 11 heteroatoms. The Morgan fingerprint density at radius 2 is 2.33 bits per heavy atom. The average molecular weight is 313 g/mol. The maximum atomic E-state index is 13.5. The minimum Gasteiger partial charge on any atom is -0.468 e. The van der Waals surface area contributed by atoms with Crippen molar-refractivity contribution in [2.45, 2.75) is 16.6 Å². The minimum atomic E-state index is -0.961. The highest BCUT2D eigenvalue weighted by Gasteiger charge is 2.23. The van der Waals surface area contributed by atoms with Gasteiger partial charge in [0.1, 0.15) is 6.54 Å². The highest BCUT2D eigenvalue weighted by Crippen LogP contribution is 2.34. The summed E-state index contributed by atoms with van der Waals surface area (Å²) in [7, 11) is 1.21. The number of carbonyl (C=O) groups is 1. The predicted octanol–water partition coefficient (Wildman–Crippen LogP) is 1.04. The van der Waals surface area contributed by atoms with Crippen molar-refractivity contribution in [1.29, 1.82) is 0 Å². The van der Waals surface area contributed by atoms with Crippen molar-refractivity contribution in [3.05, 3.63) is 34.1 Å². The van der Waals surface area contributed by atoms with Crippen LogP contribution >= 0.6 is 11.8 Å². The van der Waals surface area contributed by atoms with Gasteiger partial charge in [-0.05, 0) is 34.3 Å². The molecule has 0 unspecified atom stereocenters. The lowest BCUT2D eigenvalue weighted by Crippen LogP contribution is -2.13. The van der Waals surface area contributed by atoms with E-state index in [2.05, 4.69) is 20.3 Å². The number of benzene rings is 1. The SMILES string of the molecule is COC(=O)Cn1nnnc1Sc1cccc(F)c1[N+](=O)[O-]. The Balaban J connectivity index is 2.31. The van der Waals surface area contributed by atoms with Gasteiger partial charge in [0.2, 0.25) is 11.0 Å². The number of para-hydroxylation sites is 1. The van der Waals surface area contributed by atoms with Crippen LogP contribution in [0.1, 0.15) is 0 Å². The summed E-state index contributed by atoms with van der Waals surface area (Å²) in [4.78, 5) is 21.3. The Labute approximate surface area is 121 Å². The quantitative estimate of drug-likeness (QED) is 0.457. The van der Waals surface area contributed by atoms with E-state index in [-0.39, 0.29) is 16.6 Å². The van der Waals surface area contributed by atoms with Crippen molar-refractivity contribution < 1.29 is 18.8 Å². The highest BCUT2D eigenvalue weighted by atomic mass is 32.2. The second-order valence-electron chi connectivity index (χ2n) is 3.64. The Hall–Kier alpha value is -2.56. The number of halogens is 1. The van der Waals surface area contributed by atoms with Crippen LogP contribution in [0.2, 0.25) is 0 Å². The summed E-state index contributed by atoms with van der Waals surface area (Å²) in [6, 6.07) is 3.68. The van der Waals surface area contributed by atoms with E-state index >= 15 is 0 Å². The van der Waals surface area contributed by atoms with Gasteiger partial charge >= 0.3 is 11.7 Å². The molecule has 21 heavy (non-hydrogen) atoms. The lowest BCUT2D eigenvalue weighted by Gasteiger charge is -2.04. The summed E-state index contributed by atoms with van der Waals surface area (Å²) in [5.74, 6) is -1.55. The van der Waals surface area contributed by atoms with E-state index in [0.29, 0.717) is 0 Å². The third kappa shape index (κ3) is 3.31. The molecule has 2 aromatic rings. The van der Waals surface area contributed by atoms with Gasteiger partial charge in [-0.1, -0.05) is 6.07 Å². The Morgan fingerprint density at radius 3 is 3.00 bits per heavy atom. The first-order chi connectivity index (χ1) is 10.0. The molecule has 0 spiro atoms. The Bertz CT molecular complexity index is 692. The number of ether oxygens (including phenoxy) is 1. The van der Waals surface area contributed by atoms with Crippen molar-refractivity contribution in [2.75, 3.05) is 7.11 Å². The zero-order valence-electron chi connectivity index (χ0n) is 10.6. The van der Waals surface area contributed by atoms with Crippen molar-refractivity contribution >= 4 is 23.4 Å². The van der Waals surface area contributed by atoms with Gasteiger partial charge in [-0.3, -0.25) is 14.9 Å². The van der Waals surface area contributed by atoms with Crippen LogP contribution in [-0.4, -0.2) is 38.2 Å². The molecule has 110 valence electrons. The monoisotopic (exact) mass is 313 g/mol. The van der Waals surface area contributed by atoms with Gasteiger partial charge in [-0.15, -0.1) is 5.10 Å². The number of carbonyl (C=O) groups excluding carboxylic acids is 1. The molecule has 0 saturated carbocycles. The number of nitro groups is 1. The molecule has 0 fully saturated rings. The third-order valence-electron chi connectivity index (χ3n) is 2.34. The molecule has 0 bridgehead atoms. The normalized spacial score (nSPS) is 10.4. The third-order valence-corrected chi connectivity index (χ3v) is 3.36. The van der Waals surface area contributed by atoms with E-state index < -0.39 is 22.4 Å². The summed E-state index contributed by atoms with van der Waals surface area (Å²) in [5, 5.41) is 21.6. The van der Waals surface area contributed by atoms with Crippen LogP contribution < -0.4 is 0 Å². The molecule has 0 saturated heterocycles. The number of nitrogens with zero attached hydrogens (tertiary/aromatic N) is 5. The number of esters is 1. The summed E-state index contributed by atoms with van der Waals surface area (Å²) in [6.07, 6.45) is 0. The fourth-order valence-corrected chi connectivity index (χ4v) is 2.30. The number of methoxy groups -OCH3 is 1. The molecule has 1 aromatic heterocycles. The van der Waals surface area contributed by atoms with E-state index in [1.54, 1.807) is 0 Å². The molecule has 0 amide bonds. The Morgan fingerprint density at radius 1 is 1.57 bits per heavy atom. The number of hydrogen-bond acceptors (Lipinski definition) is 8. The zero-order valence-corrected chi connectivity index (χ0v) is 11.4. The molecule has 1 aromatic carbocycles. The fourth-order valence-electron chi connectivity index (χ4n) is 1.41. The van der Waals surface area contributed by atoms with E-state index in [9.17, 15) is 19.3 Å². The summed E-state index contributed by atoms with van der Waals surface area (Å²) >= 11 is 0.780. The van der Waals surface area contributed by atoms with Crippen LogP contribution in [0.3, 0.4) is 0 Å². The number of aromatic nitrogens is 4. The topological polar surface area (TPSA) is 113 Å². The molecular formula is C10H8FN5O4S. The largest absolute Gasteiger partial charge is 0.468 e. The summed E-state index contributed by atoms with van der Waals surface area (Å²) in [6.45, 7) is -0.255. The summed E-state index contributed by atoms with van der Waals surface area (Å²) in [5.41, 5.74) is -0.671. The second kappa shape index (κ2) is 6.26. The Kier molecular flexibility index (Phi) is 4.42. The first-order valence-corrected chi connectivity index (χ1v) is 6.28. The van der Waals surface area contributed by atoms with Crippen LogP contribution in [0, 0.1) is 15.9 Å². The first kappa shape index (κ1) is 14.8. The molecule has 0 aliphatic heterocycles. The lowest BCUT2D eigenvalue weighted by atomic mass is 10.3. The van der Waals surface area contributed by atoms with Gasteiger partial charge in [0.15, 0.2) is 0 Å². The summed E-state index contributed by atoms with van der Waals surface area (Å²) < 4.78 is 19.1. The van der Waals surface area contributed by atoms with E-state index in [1.807, 2.05) is 0 Å². The first-order valence-electron chi connectivity index (χ1n) is 5.46. The molecule has 1 heterocycles. The molecule has 0 aliphatic rings. The van der Waals surface area contributed by atoms with Crippen LogP contribution in [-0.2, 0) is 16.1 Å². The molecule has 0 atom stereocenters. The van der Waals surface area contributed by atoms with E-state index in [1.165, 1.54) is 19.2 Å². The molecule has 0 N–H and O–H groups in total. The van der Waals surface area contributed by atoms with Crippen LogP contribution in [0.15, 0.2) is 28.3 Å². The molecule has 2 rings (SSSR count). The minimum absolute atomic E-state index is 0.0286. The molecular weight excluding hydrogens is 305 g/mol. The van der Waals surface area contributed by atoms with Gasteiger partial charge in [0, 0.05) is 0 Å². The van der Waals surface area contributed by atoms with Gasteiger partial charge in [0.25, 0.3) is 0 Å². The van der Waals surface area contributed by atoms with Gasteiger partial charge in [-0.2, -0.15) is 4.39 Å². The number of nitro benzene ring substituents is 1. The smallest absolute Gasteiger partial charge is 0.327 e. The maximum Gasteiger partial charge on any atom is 0.327 e. The lowest BCUT2D eigenvalue weighted by molar-refractivity contribution is -0.390. The van der Waals surface area contributed by atoms with Crippen molar-refractivity contribution in [3.63, 3.8) is 0 Å². The number of tetrazole rings is 1. The van der Waals surface area contributed by atoms with Crippen LogP contribution in [0.4, 0.5) is 10.1 Å². The van der Waals surface area contributed by atoms with Gasteiger partial charge in [0.05, 0.1) is 16.9 Å². The standard InChI is InChI=1S/C10H8FN5O4S/c1-20-8(17)5-15-10(12-13-14-15)21-7-4-2-3-6(11)9(7)16(18)19/h2-4H,5H2,1H3. The fraction of sp³-hybridized carbons (Fsp3) is 0.200. The molecule has 0 aliphatic carbocycles. The van der Waals surface area contributed by atoms with Crippen molar-refractivity contribution in [2.24, 2.45) is 0 Å². The number of hydrogen-bond donors (Lipinski definition) is 0. The maximum absolute atomic E-state index is 13.5. The van der Waals surface area contributed by atoms with Crippen LogP contribution in [0.5, 0.6) is 0 Å². The van der Waals surface area contributed by atoms with Gasteiger partial charge in [-0.25, -0.2) is 4.68 Å². The van der Waals surface area contributed by atoms with Crippen molar-refractivity contribution in [3.8, 4) is 0 Å². The zero-order chi connectivity index (χ0) is 15.4. The second-order valence-corrected chi connectivity index (χ2v) is 4.65. The number of rotatable bonds is 5. The predicted molar refractivity (Wildman–Crippen MR) is 67.0 cm³/mol. The van der Waals surface area contributed by atoms with E-state index in [4.69, 9.17) is 0 Å².